The molecule has 3 fully saturated rings. The lowest BCUT2D eigenvalue weighted by atomic mass is 9.46. The van der Waals surface area contributed by atoms with Crippen molar-refractivity contribution in [3.8, 4) is 5.75 Å². The third kappa shape index (κ3) is 1.92. The van der Waals surface area contributed by atoms with E-state index in [9.17, 15) is 9.59 Å². The number of carbonyl (C=O) groups is 1. The summed E-state index contributed by atoms with van der Waals surface area (Å²) in [5.74, 6) is 0.734. The van der Waals surface area contributed by atoms with Crippen LogP contribution in [0.3, 0.4) is 0 Å². The highest BCUT2D eigenvalue weighted by atomic mass is 16.5. The quantitative estimate of drug-likeness (QED) is 0.910. The number of carboxylic acid groups (broad SMARTS) is 1. The van der Waals surface area contributed by atoms with Gasteiger partial charge in [0, 0.05) is 11.8 Å². The first-order chi connectivity index (χ1) is 10.8. The molecule has 3 aliphatic carbocycles. The van der Waals surface area contributed by atoms with Gasteiger partial charge in [0.2, 0.25) is 0 Å². The number of aryl methyl sites for hydroxylation is 1. The average molecular weight is 315 g/mol. The summed E-state index contributed by atoms with van der Waals surface area (Å²) in [6.45, 7) is 6.00. The Balaban J connectivity index is 1.83. The van der Waals surface area contributed by atoms with Crippen LogP contribution in [0.25, 0.3) is 6.08 Å². The maximum absolute atomic E-state index is 12.7. The Labute approximate surface area is 134 Å². The molecule has 3 saturated carbocycles. The van der Waals surface area contributed by atoms with Gasteiger partial charge in [-0.05, 0) is 48.7 Å². The monoisotopic (exact) mass is 315 g/mol. The Bertz CT molecular complexity index is 802. The van der Waals surface area contributed by atoms with Gasteiger partial charge in [0.1, 0.15) is 18.4 Å². The lowest BCUT2D eigenvalue weighted by Crippen LogP contribution is -2.55. The van der Waals surface area contributed by atoms with Crippen LogP contribution in [0, 0.1) is 24.2 Å². The summed E-state index contributed by atoms with van der Waals surface area (Å²) in [7, 11) is 0. The molecule has 0 spiro atoms. The van der Waals surface area contributed by atoms with Crippen LogP contribution in [-0.4, -0.2) is 21.7 Å². The Morgan fingerprint density at radius 2 is 2.17 bits per heavy atom. The van der Waals surface area contributed by atoms with Crippen molar-refractivity contribution in [1.29, 1.82) is 0 Å². The predicted molar refractivity (Wildman–Crippen MR) is 85.5 cm³/mol. The van der Waals surface area contributed by atoms with Crippen LogP contribution >= 0.6 is 0 Å². The van der Waals surface area contributed by atoms with Crippen molar-refractivity contribution >= 4 is 12.0 Å². The van der Waals surface area contributed by atoms with Crippen molar-refractivity contribution in [2.24, 2.45) is 17.3 Å². The van der Waals surface area contributed by atoms with Gasteiger partial charge < -0.3 is 14.4 Å². The second-order valence-corrected chi connectivity index (χ2v) is 7.64. The fourth-order valence-corrected chi connectivity index (χ4v) is 4.55. The van der Waals surface area contributed by atoms with Gasteiger partial charge in [-0.15, -0.1) is 0 Å². The van der Waals surface area contributed by atoms with E-state index in [2.05, 4.69) is 13.8 Å². The summed E-state index contributed by atoms with van der Waals surface area (Å²) in [4.78, 5) is 23.7. The molecule has 122 valence electrons. The second kappa shape index (κ2) is 4.49. The van der Waals surface area contributed by atoms with Gasteiger partial charge in [0.25, 0.3) is 5.56 Å². The van der Waals surface area contributed by atoms with Gasteiger partial charge in [-0.1, -0.05) is 13.8 Å². The number of pyridine rings is 1. The fourth-order valence-electron chi connectivity index (χ4n) is 4.55. The van der Waals surface area contributed by atoms with Crippen molar-refractivity contribution < 1.29 is 14.6 Å². The van der Waals surface area contributed by atoms with E-state index >= 15 is 0 Å². The first-order valence-corrected chi connectivity index (χ1v) is 8.13. The highest BCUT2D eigenvalue weighted by Gasteiger charge is 2.56. The third-order valence-corrected chi connectivity index (χ3v) is 6.12. The number of rotatable bonds is 2. The summed E-state index contributed by atoms with van der Waals surface area (Å²) in [6.07, 6.45) is 4.23. The SMILES string of the molecule is Cc1cc2c(c(=O)n1CC(=O)O)C=C1[C@@H](C[C@H]3C[C@@H]1C3(C)C)O2. The molecule has 0 radical (unpaired) electrons. The van der Waals surface area contributed by atoms with Gasteiger partial charge in [-0.3, -0.25) is 9.59 Å². The van der Waals surface area contributed by atoms with Crippen LogP contribution in [0.2, 0.25) is 0 Å². The van der Waals surface area contributed by atoms with E-state index < -0.39 is 5.97 Å². The minimum atomic E-state index is -1.02. The van der Waals surface area contributed by atoms with Gasteiger partial charge in [0.05, 0.1) is 5.56 Å². The second-order valence-electron chi connectivity index (χ2n) is 7.64. The molecule has 2 heterocycles. The van der Waals surface area contributed by atoms with Crippen molar-refractivity contribution in [2.45, 2.75) is 46.3 Å². The van der Waals surface area contributed by atoms with E-state index in [4.69, 9.17) is 9.84 Å². The molecule has 4 aliphatic rings. The van der Waals surface area contributed by atoms with Crippen LogP contribution in [0.4, 0.5) is 0 Å². The van der Waals surface area contributed by atoms with E-state index in [0.29, 0.717) is 28.8 Å². The molecule has 0 aromatic carbocycles. The van der Waals surface area contributed by atoms with Crippen LogP contribution in [0.5, 0.6) is 5.75 Å². The maximum Gasteiger partial charge on any atom is 0.323 e. The standard InChI is InChI=1S/C18H21NO4/c1-9-4-14-12(17(22)19(9)8-16(20)21)7-11-13-5-10(18(13,2)3)6-15(11)23-14/h4,7,10,13,15H,5-6,8H2,1-3H3,(H,20,21)/t10-,13+,15-/m1/s1. The molecule has 5 nitrogen and oxygen atoms in total. The smallest absolute Gasteiger partial charge is 0.323 e. The molecule has 1 aliphatic heterocycles. The largest absolute Gasteiger partial charge is 0.485 e. The Kier molecular flexibility index (Phi) is 2.84. The molecule has 3 atom stereocenters. The number of hydrogen-bond donors (Lipinski definition) is 1. The molecule has 1 N–H and O–H groups in total. The summed E-state index contributed by atoms with van der Waals surface area (Å²) in [6, 6.07) is 1.79. The highest BCUT2D eigenvalue weighted by molar-refractivity contribution is 5.68. The number of nitrogens with zero attached hydrogens (tertiary/aromatic N) is 1. The van der Waals surface area contributed by atoms with Crippen molar-refractivity contribution in [1.82, 2.24) is 4.57 Å². The highest BCUT2D eigenvalue weighted by Crippen LogP contribution is 2.62. The van der Waals surface area contributed by atoms with E-state index in [1.165, 1.54) is 16.6 Å². The third-order valence-electron chi connectivity index (χ3n) is 6.12. The Hall–Kier alpha value is -2.04. The molecule has 23 heavy (non-hydrogen) atoms. The molecule has 0 amide bonds. The van der Waals surface area contributed by atoms with Crippen LogP contribution < -0.4 is 10.3 Å². The Morgan fingerprint density at radius 3 is 2.83 bits per heavy atom. The summed E-state index contributed by atoms with van der Waals surface area (Å²) >= 11 is 0. The van der Waals surface area contributed by atoms with Gasteiger partial charge in [-0.2, -0.15) is 0 Å². The molecule has 0 unspecified atom stereocenters. The molecule has 5 rings (SSSR count). The topological polar surface area (TPSA) is 68.5 Å². The first kappa shape index (κ1) is 14.5. The summed E-state index contributed by atoms with van der Waals surface area (Å²) in [5, 5.41) is 9.02. The summed E-state index contributed by atoms with van der Waals surface area (Å²) in [5.41, 5.74) is 2.34. The molecule has 1 aromatic heterocycles. The first-order valence-electron chi connectivity index (χ1n) is 8.13. The average Bonchev–Trinajstić information content (AvgIpc) is 2.48. The lowest BCUT2D eigenvalue weighted by molar-refractivity contribution is -0.137. The molecule has 2 bridgehead atoms. The zero-order valence-corrected chi connectivity index (χ0v) is 13.6. The fraction of sp³-hybridized carbons (Fsp3) is 0.556. The zero-order chi connectivity index (χ0) is 16.5. The number of hydrogen-bond acceptors (Lipinski definition) is 3. The van der Waals surface area contributed by atoms with Gasteiger partial charge in [0.15, 0.2) is 0 Å². The minimum Gasteiger partial charge on any atom is -0.485 e. The Morgan fingerprint density at radius 1 is 1.43 bits per heavy atom. The summed E-state index contributed by atoms with van der Waals surface area (Å²) < 4.78 is 7.43. The van der Waals surface area contributed by atoms with Gasteiger partial charge >= 0.3 is 5.97 Å². The van der Waals surface area contributed by atoms with Crippen molar-refractivity contribution in [3.63, 3.8) is 0 Å². The number of fused-ring (bicyclic) bond motifs is 1. The van der Waals surface area contributed by atoms with E-state index in [0.717, 1.165) is 6.42 Å². The number of aromatic nitrogens is 1. The lowest BCUT2D eigenvalue weighted by Gasteiger charge is -2.60. The number of aliphatic carboxylic acids is 1. The number of carboxylic acids is 1. The molecule has 5 heteroatoms. The van der Waals surface area contributed by atoms with Crippen LogP contribution in [0.1, 0.15) is 37.9 Å². The minimum absolute atomic E-state index is 0.0772. The predicted octanol–water partition coefficient (Wildman–Crippen LogP) is 2.45. The van der Waals surface area contributed by atoms with Crippen LogP contribution in [-0.2, 0) is 11.3 Å². The van der Waals surface area contributed by atoms with Crippen LogP contribution in [0.15, 0.2) is 16.4 Å². The zero-order valence-electron chi connectivity index (χ0n) is 13.6. The molecular weight excluding hydrogens is 294 g/mol. The van der Waals surface area contributed by atoms with Gasteiger partial charge in [-0.25, -0.2) is 0 Å². The normalized spacial score (nSPS) is 29.5. The van der Waals surface area contributed by atoms with E-state index in [-0.39, 0.29) is 23.6 Å². The number of ether oxygens (including phenoxy) is 1. The van der Waals surface area contributed by atoms with Crippen molar-refractivity contribution in [2.75, 3.05) is 0 Å². The van der Waals surface area contributed by atoms with Crippen molar-refractivity contribution in [3.05, 3.63) is 33.3 Å². The molecule has 1 aromatic rings. The molecular formula is C18H21NO4. The molecule has 0 saturated heterocycles. The van der Waals surface area contributed by atoms with E-state index in [1.807, 2.05) is 6.08 Å². The maximum atomic E-state index is 12.7. The van der Waals surface area contributed by atoms with E-state index in [1.54, 1.807) is 13.0 Å².